The summed E-state index contributed by atoms with van der Waals surface area (Å²) in [6.45, 7) is 17.2. The van der Waals surface area contributed by atoms with Crippen molar-refractivity contribution in [2.45, 2.75) is 79.5 Å². The molecule has 8 heteroatoms. The van der Waals surface area contributed by atoms with Gasteiger partial charge in [-0.1, -0.05) is 40.7 Å². The topological polar surface area (TPSA) is 98.9 Å². The summed E-state index contributed by atoms with van der Waals surface area (Å²) in [5, 5.41) is 13.9. The smallest absolute Gasteiger partial charge is 0.241 e. The number of carbonyl (C=O) groups is 2. The third-order valence-electron chi connectivity index (χ3n) is 6.91. The van der Waals surface area contributed by atoms with Crippen LogP contribution >= 0.6 is 0 Å². The van der Waals surface area contributed by atoms with Crippen LogP contribution in [0.15, 0.2) is 18.2 Å². The van der Waals surface area contributed by atoms with Crippen molar-refractivity contribution in [3.8, 4) is 0 Å². The van der Waals surface area contributed by atoms with Crippen LogP contribution < -0.4 is 16.0 Å². The van der Waals surface area contributed by atoms with Gasteiger partial charge in [0.1, 0.15) is 5.82 Å². The summed E-state index contributed by atoms with van der Waals surface area (Å²) < 4.78 is 14.1. The molecule has 7 nitrogen and oxygen atoms in total. The van der Waals surface area contributed by atoms with E-state index in [0.29, 0.717) is 30.9 Å². The minimum absolute atomic E-state index is 0.0312. The Hall–Kier alpha value is -2.03. The van der Waals surface area contributed by atoms with Gasteiger partial charge in [-0.3, -0.25) is 14.5 Å². The van der Waals surface area contributed by atoms with Crippen molar-refractivity contribution in [2.75, 3.05) is 31.1 Å². The normalized spacial score (nSPS) is 19.5. The Bertz CT molecular complexity index is 897. The second-order valence-corrected chi connectivity index (χ2v) is 12.2. The maximum absolute atomic E-state index is 14.1. The lowest BCUT2D eigenvalue weighted by atomic mass is 9.86. The van der Waals surface area contributed by atoms with Crippen molar-refractivity contribution in [3.05, 3.63) is 29.6 Å². The highest BCUT2D eigenvalue weighted by atomic mass is 19.1. The number of aliphatic hydroxyl groups is 1. The van der Waals surface area contributed by atoms with E-state index in [9.17, 15) is 19.1 Å². The first-order valence-corrected chi connectivity index (χ1v) is 12.6. The zero-order chi connectivity index (χ0) is 26.7. The minimum Gasteiger partial charge on any atom is -0.391 e. The zero-order valence-corrected chi connectivity index (χ0v) is 22.7. The van der Waals surface area contributed by atoms with Crippen LogP contribution in [0.3, 0.4) is 0 Å². The largest absolute Gasteiger partial charge is 0.391 e. The molecule has 0 aliphatic carbocycles. The molecule has 1 fully saturated rings. The number of benzene rings is 1. The molecule has 0 spiro atoms. The van der Waals surface area contributed by atoms with Crippen molar-refractivity contribution in [3.63, 3.8) is 0 Å². The predicted octanol–water partition coefficient (Wildman–Crippen LogP) is 3.07. The highest BCUT2D eigenvalue weighted by molar-refractivity contribution is 5.96. The number of nitrogens with one attached hydrogen (secondary N) is 1. The van der Waals surface area contributed by atoms with Crippen LogP contribution in [0.25, 0.3) is 0 Å². The van der Waals surface area contributed by atoms with Crippen molar-refractivity contribution in [2.24, 2.45) is 23.0 Å². The lowest BCUT2D eigenvalue weighted by molar-refractivity contribution is -0.128. The first kappa shape index (κ1) is 29.2. The molecule has 198 valence electrons. The van der Waals surface area contributed by atoms with Gasteiger partial charge in [0.05, 0.1) is 12.6 Å². The summed E-state index contributed by atoms with van der Waals surface area (Å²) in [7, 11) is 0. The van der Waals surface area contributed by atoms with Gasteiger partial charge in [0, 0.05) is 48.4 Å². The van der Waals surface area contributed by atoms with Gasteiger partial charge >= 0.3 is 0 Å². The van der Waals surface area contributed by atoms with Crippen LogP contribution in [-0.4, -0.2) is 65.7 Å². The molecule has 0 saturated carbocycles. The monoisotopic (exact) mass is 492 g/mol. The number of carbonyl (C=O) groups excluding carboxylic acids is 2. The zero-order valence-electron chi connectivity index (χ0n) is 22.7. The fourth-order valence-electron chi connectivity index (χ4n) is 4.43. The summed E-state index contributed by atoms with van der Waals surface area (Å²) in [6.07, 6.45) is -0.636. The molecule has 0 unspecified atom stereocenters. The number of aliphatic hydroxyl groups excluding tert-OH is 1. The van der Waals surface area contributed by atoms with E-state index in [0.717, 1.165) is 0 Å². The molecule has 1 aromatic carbocycles. The van der Waals surface area contributed by atoms with E-state index >= 15 is 0 Å². The molecule has 2 rings (SSSR count). The van der Waals surface area contributed by atoms with Gasteiger partial charge in [0.15, 0.2) is 0 Å². The average molecular weight is 493 g/mol. The van der Waals surface area contributed by atoms with E-state index in [4.69, 9.17) is 5.73 Å². The van der Waals surface area contributed by atoms with E-state index in [-0.39, 0.29) is 47.8 Å². The number of rotatable bonds is 9. The van der Waals surface area contributed by atoms with Gasteiger partial charge in [-0.05, 0) is 50.7 Å². The van der Waals surface area contributed by atoms with E-state index in [1.165, 1.54) is 6.07 Å². The molecule has 1 aromatic rings. The summed E-state index contributed by atoms with van der Waals surface area (Å²) in [6, 6.07) is 4.13. The van der Waals surface area contributed by atoms with Crippen LogP contribution in [0.1, 0.15) is 60.5 Å². The molecule has 3 atom stereocenters. The van der Waals surface area contributed by atoms with Crippen molar-refractivity contribution < 1.29 is 19.1 Å². The fraction of sp³-hybridized carbons (Fsp3) is 0.704. The fourth-order valence-corrected chi connectivity index (χ4v) is 4.43. The Kier molecular flexibility index (Phi) is 9.47. The molecule has 0 aromatic heterocycles. The maximum Gasteiger partial charge on any atom is 0.241 e. The third-order valence-corrected chi connectivity index (χ3v) is 6.91. The van der Waals surface area contributed by atoms with Crippen LogP contribution in [0.5, 0.6) is 0 Å². The number of anilines is 1. The van der Waals surface area contributed by atoms with E-state index in [1.807, 2.05) is 32.6 Å². The maximum atomic E-state index is 14.1. The SMILES string of the molecule is Cc1c(F)cccc1N1CC(C)(C)N(C[C@H](N)[C@@H](O)C[C@H](C(=O)NCC(C)(C)C)C(C)C)CC1=O. The van der Waals surface area contributed by atoms with E-state index in [1.54, 1.807) is 24.0 Å². The Morgan fingerprint density at radius 3 is 2.49 bits per heavy atom. The highest BCUT2D eigenvalue weighted by Crippen LogP contribution is 2.30. The molecule has 1 aliphatic rings. The van der Waals surface area contributed by atoms with Crippen LogP contribution in [0.2, 0.25) is 0 Å². The Morgan fingerprint density at radius 2 is 1.91 bits per heavy atom. The number of nitrogens with two attached hydrogens (primary N) is 1. The second-order valence-electron chi connectivity index (χ2n) is 12.2. The van der Waals surface area contributed by atoms with Gasteiger partial charge in [0.25, 0.3) is 0 Å². The lowest BCUT2D eigenvalue weighted by Gasteiger charge is -2.48. The van der Waals surface area contributed by atoms with Gasteiger partial charge in [-0.2, -0.15) is 0 Å². The van der Waals surface area contributed by atoms with Gasteiger partial charge in [0.2, 0.25) is 11.8 Å². The minimum atomic E-state index is -0.891. The number of amides is 2. The molecule has 2 amide bonds. The molecule has 0 radical (unpaired) electrons. The van der Waals surface area contributed by atoms with Gasteiger partial charge < -0.3 is 21.1 Å². The second kappa shape index (κ2) is 11.4. The Labute approximate surface area is 210 Å². The number of hydrogen-bond acceptors (Lipinski definition) is 5. The number of nitrogens with zero attached hydrogens (tertiary/aromatic N) is 2. The molecule has 1 saturated heterocycles. The van der Waals surface area contributed by atoms with E-state index < -0.39 is 17.7 Å². The molecular weight excluding hydrogens is 447 g/mol. The Morgan fingerprint density at radius 1 is 1.29 bits per heavy atom. The lowest BCUT2D eigenvalue weighted by Crippen LogP contribution is -2.64. The van der Waals surface area contributed by atoms with Crippen molar-refractivity contribution in [1.82, 2.24) is 10.2 Å². The predicted molar refractivity (Wildman–Crippen MR) is 139 cm³/mol. The molecule has 0 bridgehead atoms. The highest BCUT2D eigenvalue weighted by Gasteiger charge is 2.40. The third kappa shape index (κ3) is 7.72. The molecule has 1 aliphatic heterocycles. The summed E-state index contributed by atoms with van der Waals surface area (Å²) >= 11 is 0. The van der Waals surface area contributed by atoms with Crippen LogP contribution in [0, 0.1) is 30.0 Å². The van der Waals surface area contributed by atoms with Crippen molar-refractivity contribution in [1.29, 1.82) is 0 Å². The molecule has 1 heterocycles. The van der Waals surface area contributed by atoms with E-state index in [2.05, 4.69) is 26.1 Å². The van der Waals surface area contributed by atoms with Crippen molar-refractivity contribution >= 4 is 17.5 Å². The van der Waals surface area contributed by atoms with Crippen LogP contribution in [-0.2, 0) is 9.59 Å². The molecular formula is C27H45FN4O3. The first-order valence-electron chi connectivity index (χ1n) is 12.6. The van der Waals surface area contributed by atoms with Gasteiger partial charge in [-0.15, -0.1) is 0 Å². The quantitative estimate of drug-likeness (QED) is 0.492. The molecule has 4 N–H and O–H groups in total. The molecule has 35 heavy (non-hydrogen) atoms. The summed E-state index contributed by atoms with van der Waals surface area (Å²) in [5.74, 6) is -0.863. The number of piperazine rings is 1. The average Bonchev–Trinajstić information content (AvgIpc) is 2.73. The van der Waals surface area contributed by atoms with Gasteiger partial charge in [-0.25, -0.2) is 4.39 Å². The Balaban J connectivity index is 2.06. The number of halogens is 1. The summed E-state index contributed by atoms with van der Waals surface area (Å²) in [5.41, 5.74) is 6.95. The first-order chi connectivity index (χ1) is 16.0. The standard InChI is InChI=1S/C27H45FN4O3/c1-17(2)19(25(35)30-15-26(4,5)6)12-23(33)21(29)13-31-14-24(34)32(16-27(31,7)8)22-11-9-10-20(28)18(22)3/h9-11,17,19,21,23,33H,12-16,29H2,1-8H3,(H,30,35)/t19-,21-,23-/m0/s1. The van der Waals surface area contributed by atoms with Crippen LogP contribution in [0.4, 0.5) is 10.1 Å². The summed E-state index contributed by atoms with van der Waals surface area (Å²) in [4.78, 5) is 29.4. The number of hydrogen-bond donors (Lipinski definition) is 3.